The lowest BCUT2D eigenvalue weighted by Crippen LogP contribution is -2.31. The summed E-state index contributed by atoms with van der Waals surface area (Å²) in [7, 11) is 1.88. The highest BCUT2D eigenvalue weighted by molar-refractivity contribution is 5.95. The summed E-state index contributed by atoms with van der Waals surface area (Å²) < 4.78 is 7.56. The van der Waals surface area contributed by atoms with Gasteiger partial charge < -0.3 is 14.6 Å². The Morgan fingerprint density at radius 2 is 2.12 bits per heavy atom. The van der Waals surface area contributed by atoms with Crippen LogP contribution in [0.5, 0.6) is 5.75 Å². The lowest BCUT2D eigenvalue weighted by Gasteiger charge is -2.12. The van der Waals surface area contributed by atoms with Gasteiger partial charge in [-0.1, -0.05) is 30.3 Å². The molecular formula is C18H16N4O2. The molecular weight excluding hydrogens is 304 g/mol. The molecule has 0 fully saturated rings. The molecule has 24 heavy (non-hydrogen) atoms. The van der Waals surface area contributed by atoms with Crippen LogP contribution in [0.4, 0.5) is 5.69 Å². The Bertz CT molecular complexity index is 878. The molecule has 1 aliphatic heterocycles. The van der Waals surface area contributed by atoms with Crippen LogP contribution in [0.15, 0.2) is 54.9 Å². The number of ether oxygens (including phenoxy) is 1. The Morgan fingerprint density at radius 3 is 2.92 bits per heavy atom. The number of hydrogen-bond donors (Lipinski definition) is 1. The highest BCUT2D eigenvalue weighted by Crippen LogP contribution is 2.29. The van der Waals surface area contributed by atoms with Crippen molar-refractivity contribution in [2.75, 3.05) is 5.32 Å². The summed E-state index contributed by atoms with van der Waals surface area (Å²) in [5.41, 5.74) is 2.66. The van der Waals surface area contributed by atoms with Crippen molar-refractivity contribution in [1.29, 1.82) is 0 Å². The maximum absolute atomic E-state index is 12.5. The van der Waals surface area contributed by atoms with E-state index in [4.69, 9.17) is 4.74 Å². The molecule has 0 radical (unpaired) electrons. The van der Waals surface area contributed by atoms with E-state index in [1.54, 1.807) is 6.33 Å². The minimum atomic E-state index is -0.499. The Hall–Kier alpha value is -3.15. The van der Waals surface area contributed by atoms with Gasteiger partial charge in [-0.25, -0.2) is 0 Å². The van der Waals surface area contributed by atoms with Crippen molar-refractivity contribution in [1.82, 2.24) is 14.8 Å². The Balaban J connectivity index is 1.50. The van der Waals surface area contributed by atoms with Crippen LogP contribution in [0.3, 0.4) is 0 Å². The van der Waals surface area contributed by atoms with Crippen LogP contribution < -0.4 is 10.1 Å². The molecule has 2 heterocycles. The molecule has 1 aromatic heterocycles. The normalized spacial score (nSPS) is 15.6. The second-order valence-corrected chi connectivity index (χ2v) is 5.75. The minimum absolute atomic E-state index is 0.152. The average Bonchev–Trinajstić information content (AvgIpc) is 3.21. The first kappa shape index (κ1) is 14.4. The highest BCUT2D eigenvalue weighted by atomic mass is 16.5. The van der Waals surface area contributed by atoms with Gasteiger partial charge in [0, 0.05) is 24.7 Å². The van der Waals surface area contributed by atoms with Crippen LogP contribution in [0, 0.1) is 0 Å². The second kappa shape index (κ2) is 5.81. The van der Waals surface area contributed by atoms with Gasteiger partial charge in [0.05, 0.1) is 0 Å². The first-order valence-corrected chi connectivity index (χ1v) is 7.70. The van der Waals surface area contributed by atoms with Crippen LogP contribution in [0.25, 0.3) is 11.4 Å². The quantitative estimate of drug-likeness (QED) is 0.805. The molecule has 1 unspecified atom stereocenters. The summed E-state index contributed by atoms with van der Waals surface area (Å²) in [6, 6.07) is 15.3. The summed E-state index contributed by atoms with van der Waals surface area (Å²) in [5, 5.41) is 10.9. The molecule has 1 amide bonds. The molecule has 6 nitrogen and oxygen atoms in total. The van der Waals surface area contributed by atoms with Gasteiger partial charge in [-0.05, 0) is 23.8 Å². The number of nitrogens with zero attached hydrogens (tertiary/aromatic N) is 3. The smallest absolute Gasteiger partial charge is 0.265 e. The Morgan fingerprint density at radius 1 is 1.25 bits per heavy atom. The van der Waals surface area contributed by atoms with Gasteiger partial charge in [0.2, 0.25) is 0 Å². The third-order valence-electron chi connectivity index (χ3n) is 4.04. The molecule has 2 aromatic carbocycles. The van der Waals surface area contributed by atoms with Crippen molar-refractivity contribution in [3.8, 4) is 17.1 Å². The number of carbonyl (C=O) groups excluding carboxylic acids is 1. The Kier molecular flexibility index (Phi) is 3.49. The van der Waals surface area contributed by atoms with Crippen molar-refractivity contribution in [3.63, 3.8) is 0 Å². The van der Waals surface area contributed by atoms with E-state index in [0.717, 1.165) is 22.7 Å². The van der Waals surface area contributed by atoms with Gasteiger partial charge in [-0.2, -0.15) is 0 Å². The monoisotopic (exact) mass is 320 g/mol. The van der Waals surface area contributed by atoms with E-state index in [0.29, 0.717) is 12.1 Å². The fraction of sp³-hybridized carbons (Fsp3) is 0.167. The summed E-state index contributed by atoms with van der Waals surface area (Å²) in [6.07, 6.45) is 1.73. The van der Waals surface area contributed by atoms with Crippen LogP contribution in [0.2, 0.25) is 0 Å². The van der Waals surface area contributed by atoms with E-state index in [1.807, 2.05) is 60.1 Å². The van der Waals surface area contributed by atoms with E-state index >= 15 is 0 Å². The molecule has 0 bridgehead atoms. The van der Waals surface area contributed by atoms with Crippen LogP contribution >= 0.6 is 0 Å². The van der Waals surface area contributed by atoms with Gasteiger partial charge in [0.1, 0.15) is 12.1 Å². The van der Waals surface area contributed by atoms with Gasteiger partial charge in [-0.3, -0.25) is 4.79 Å². The van der Waals surface area contributed by atoms with Crippen LogP contribution in [-0.4, -0.2) is 26.8 Å². The fourth-order valence-corrected chi connectivity index (χ4v) is 2.83. The predicted octanol–water partition coefficient (Wildman–Crippen LogP) is 2.42. The predicted molar refractivity (Wildman–Crippen MR) is 89.6 cm³/mol. The number of carbonyl (C=O) groups is 1. The van der Waals surface area contributed by atoms with Crippen molar-refractivity contribution in [2.45, 2.75) is 12.5 Å². The van der Waals surface area contributed by atoms with Crippen LogP contribution in [0.1, 0.15) is 5.56 Å². The van der Waals surface area contributed by atoms with E-state index in [9.17, 15) is 4.79 Å². The van der Waals surface area contributed by atoms with E-state index in [1.165, 1.54) is 0 Å². The first-order chi connectivity index (χ1) is 11.7. The number of hydrogen-bond acceptors (Lipinski definition) is 4. The maximum Gasteiger partial charge on any atom is 0.265 e. The molecule has 4 rings (SSSR count). The molecule has 0 spiro atoms. The molecule has 0 aliphatic carbocycles. The molecule has 0 saturated heterocycles. The summed E-state index contributed by atoms with van der Waals surface area (Å²) >= 11 is 0. The van der Waals surface area contributed by atoms with E-state index in [2.05, 4.69) is 15.5 Å². The summed E-state index contributed by atoms with van der Waals surface area (Å²) in [5.74, 6) is 1.38. The number of benzene rings is 2. The van der Waals surface area contributed by atoms with E-state index < -0.39 is 6.10 Å². The SMILES string of the molecule is Cn1cnnc1-c1cccc(NC(=O)C2Cc3ccccc3O2)c1. The fourth-order valence-electron chi connectivity index (χ4n) is 2.83. The number of aryl methyl sites for hydroxylation is 1. The third-order valence-corrected chi connectivity index (χ3v) is 4.04. The number of aromatic nitrogens is 3. The zero-order chi connectivity index (χ0) is 16.5. The summed E-state index contributed by atoms with van der Waals surface area (Å²) in [6.45, 7) is 0. The largest absolute Gasteiger partial charge is 0.480 e. The maximum atomic E-state index is 12.5. The number of para-hydroxylation sites is 1. The van der Waals surface area contributed by atoms with Crippen LogP contribution in [-0.2, 0) is 18.3 Å². The van der Waals surface area contributed by atoms with Crippen molar-refractivity contribution in [2.24, 2.45) is 7.05 Å². The first-order valence-electron chi connectivity index (χ1n) is 7.70. The molecule has 6 heteroatoms. The lowest BCUT2D eigenvalue weighted by atomic mass is 10.1. The topological polar surface area (TPSA) is 69.0 Å². The van der Waals surface area contributed by atoms with Crippen molar-refractivity contribution >= 4 is 11.6 Å². The second-order valence-electron chi connectivity index (χ2n) is 5.75. The molecule has 0 saturated carbocycles. The zero-order valence-electron chi connectivity index (χ0n) is 13.1. The standard InChI is InChI=1S/C18H16N4O2/c1-22-11-19-21-17(22)13-6-4-7-14(9-13)20-18(23)16-10-12-5-2-3-8-15(12)24-16/h2-9,11,16H,10H2,1H3,(H,20,23). The van der Waals surface area contributed by atoms with Gasteiger partial charge in [0.25, 0.3) is 5.91 Å². The number of rotatable bonds is 3. The van der Waals surface area contributed by atoms with Crippen molar-refractivity contribution < 1.29 is 9.53 Å². The molecule has 1 atom stereocenters. The number of anilines is 1. The zero-order valence-corrected chi connectivity index (χ0v) is 13.1. The lowest BCUT2D eigenvalue weighted by molar-refractivity contribution is -0.122. The molecule has 3 aromatic rings. The van der Waals surface area contributed by atoms with E-state index in [-0.39, 0.29) is 5.91 Å². The average molecular weight is 320 g/mol. The van der Waals surface area contributed by atoms with Crippen molar-refractivity contribution in [3.05, 3.63) is 60.4 Å². The third kappa shape index (κ3) is 2.62. The van der Waals surface area contributed by atoms with Gasteiger partial charge in [-0.15, -0.1) is 10.2 Å². The Labute approximate surface area is 139 Å². The highest BCUT2D eigenvalue weighted by Gasteiger charge is 2.28. The number of fused-ring (bicyclic) bond motifs is 1. The molecule has 1 aliphatic rings. The summed E-state index contributed by atoms with van der Waals surface area (Å²) in [4.78, 5) is 12.5. The number of nitrogens with one attached hydrogen (secondary N) is 1. The molecule has 120 valence electrons. The minimum Gasteiger partial charge on any atom is -0.480 e. The molecule has 1 N–H and O–H groups in total. The number of amides is 1. The van der Waals surface area contributed by atoms with Gasteiger partial charge >= 0.3 is 0 Å². The van der Waals surface area contributed by atoms with Gasteiger partial charge in [0.15, 0.2) is 11.9 Å².